The topological polar surface area (TPSA) is 40.8 Å². The van der Waals surface area contributed by atoms with Gasteiger partial charge in [0.05, 0.1) is 22.6 Å². The monoisotopic (exact) mass is 467 g/mol. The van der Waals surface area contributed by atoms with Crippen molar-refractivity contribution in [2.24, 2.45) is 7.05 Å². The van der Waals surface area contributed by atoms with Gasteiger partial charge in [0, 0.05) is 22.4 Å². The summed E-state index contributed by atoms with van der Waals surface area (Å²) in [6.07, 6.45) is 2.12. The molecular formula is C33H27N2O+. The summed E-state index contributed by atoms with van der Waals surface area (Å²) < 4.78 is 8.92. The number of fused-ring (bicyclic) bond motifs is 4. The highest BCUT2D eigenvalue weighted by Gasteiger charge is 2.25. The molecule has 0 atom stereocenters. The van der Waals surface area contributed by atoms with Gasteiger partial charge in [-0.3, -0.25) is 0 Å². The van der Waals surface area contributed by atoms with E-state index < -0.39 is 0 Å². The molecule has 0 radical (unpaired) electrons. The Kier molecular flexibility index (Phi) is 5.12. The summed E-state index contributed by atoms with van der Waals surface area (Å²) in [7, 11) is 2.09. The first kappa shape index (κ1) is 22.1. The van der Waals surface area contributed by atoms with Gasteiger partial charge in [0.1, 0.15) is 18.2 Å². The van der Waals surface area contributed by atoms with Crippen LogP contribution in [0.4, 0.5) is 0 Å². The van der Waals surface area contributed by atoms with Gasteiger partial charge >= 0.3 is 0 Å². The van der Waals surface area contributed by atoms with Gasteiger partial charge in [-0.2, -0.15) is 5.26 Å². The van der Waals surface area contributed by atoms with Crippen molar-refractivity contribution in [3.8, 4) is 28.5 Å². The van der Waals surface area contributed by atoms with Crippen LogP contribution in [0.5, 0.6) is 0 Å². The van der Waals surface area contributed by atoms with Crippen molar-refractivity contribution in [3.63, 3.8) is 0 Å². The van der Waals surface area contributed by atoms with Crippen LogP contribution in [0.1, 0.15) is 36.5 Å². The summed E-state index contributed by atoms with van der Waals surface area (Å²) in [6.45, 7) is 6.58. The van der Waals surface area contributed by atoms with Crippen LogP contribution in [0.2, 0.25) is 0 Å². The van der Waals surface area contributed by atoms with Gasteiger partial charge in [-0.25, -0.2) is 4.57 Å². The van der Waals surface area contributed by atoms with Crippen LogP contribution < -0.4 is 4.57 Å². The van der Waals surface area contributed by atoms with E-state index in [1.807, 2.05) is 30.3 Å². The Morgan fingerprint density at radius 2 is 1.64 bits per heavy atom. The number of nitrogens with zero attached hydrogens (tertiary/aromatic N) is 2. The number of hydrogen-bond acceptors (Lipinski definition) is 2. The number of furan rings is 1. The van der Waals surface area contributed by atoms with Gasteiger partial charge in [0.2, 0.25) is 5.69 Å². The second-order valence-electron chi connectivity index (χ2n) is 9.86. The van der Waals surface area contributed by atoms with E-state index in [0.29, 0.717) is 11.5 Å². The van der Waals surface area contributed by atoms with E-state index in [9.17, 15) is 5.26 Å². The van der Waals surface area contributed by atoms with Crippen LogP contribution >= 0.6 is 0 Å². The largest absolute Gasteiger partial charge is 0.454 e. The predicted octanol–water partition coefficient (Wildman–Crippen LogP) is 8.20. The maximum atomic E-state index is 9.98. The van der Waals surface area contributed by atoms with Crippen molar-refractivity contribution in [1.29, 1.82) is 5.26 Å². The molecule has 0 N–H and O–H groups in total. The van der Waals surface area contributed by atoms with Crippen molar-refractivity contribution < 1.29 is 8.98 Å². The first-order valence-electron chi connectivity index (χ1n) is 12.3. The van der Waals surface area contributed by atoms with Gasteiger partial charge in [-0.1, -0.05) is 68.4 Å². The molecule has 6 aromatic rings. The number of aromatic nitrogens is 1. The van der Waals surface area contributed by atoms with E-state index in [1.165, 1.54) is 16.3 Å². The first-order valence-corrected chi connectivity index (χ1v) is 12.3. The molecule has 0 amide bonds. The highest BCUT2D eigenvalue weighted by atomic mass is 16.3. The maximum Gasteiger partial charge on any atom is 0.224 e. The Hall–Kier alpha value is -4.42. The molecule has 0 aliphatic heterocycles. The summed E-state index contributed by atoms with van der Waals surface area (Å²) in [5.41, 5.74) is 8.91. The van der Waals surface area contributed by atoms with Gasteiger partial charge < -0.3 is 4.42 Å². The molecule has 174 valence electrons. The molecular weight excluding hydrogens is 440 g/mol. The molecule has 0 saturated carbocycles. The minimum atomic E-state index is 0.466. The lowest BCUT2D eigenvalue weighted by atomic mass is 9.93. The zero-order chi connectivity index (χ0) is 25.0. The molecule has 2 aromatic heterocycles. The molecule has 0 spiro atoms. The number of rotatable bonds is 3. The average molecular weight is 468 g/mol. The Labute approximate surface area is 210 Å². The third-order valence-electron chi connectivity index (χ3n) is 7.27. The van der Waals surface area contributed by atoms with Crippen LogP contribution in [0, 0.1) is 18.3 Å². The number of aryl methyl sites for hydroxylation is 2. The predicted molar refractivity (Wildman–Crippen MR) is 147 cm³/mol. The fourth-order valence-electron chi connectivity index (χ4n) is 5.34. The molecule has 0 fully saturated rings. The second kappa shape index (κ2) is 8.36. The van der Waals surface area contributed by atoms with Gasteiger partial charge in [0.25, 0.3) is 0 Å². The third-order valence-corrected chi connectivity index (χ3v) is 7.27. The molecule has 36 heavy (non-hydrogen) atoms. The van der Waals surface area contributed by atoms with E-state index in [0.717, 1.165) is 49.9 Å². The Balaban J connectivity index is 1.74. The summed E-state index contributed by atoms with van der Waals surface area (Å²) in [4.78, 5) is 0. The third kappa shape index (κ3) is 3.30. The van der Waals surface area contributed by atoms with Crippen LogP contribution in [0.3, 0.4) is 0 Å². The summed E-state index contributed by atoms with van der Waals surface area (Å²) in [5.74, 6) is 0.466. The smallest absolute Gasteiger partial charge is 0.224 e. The number of nitriles is 1. The normalized spacial score (nSPS) is 11.6. The quantitative estimate of drug-likeness (QED) is 0.246. The number of benzene rings is 4. The first-order chi connectivity index (χ1) is 17.5. The van der Waals surface area contributed by atoms with Crippen molar-refractivity contribution in [2.45, 2.75) is 26.7 Å². The van der Waals surface area contributed by atoms with E-state index in [1.54, 1.807) is 0 Å². The molecule has 0 saturated heterocycles. The molecule has 3 heteroatoms. The highest BCUT2D eigenvalue weighted by Crippen LogP contribution is 2.43. The number of hydrogen-bond donors (Lipinski definition) is 0. The van der Waals surface area contributed by atoms with E-state index in [4.69, 9.17) is 4.42 Å². The SMILES string of the molecule is Cc1ccc2c(oc3c(-c4ccccc4)ccc(C#N)c32)c1-c1c2ccc(C(C)C)cc2cc[n+]1C. The lowest BCUT2D eigenvalue weighted by Gasteiger charge is -2.11. The van der Waals surface area contributed by atoms with Gasteiger partial charge in [0.15, 0.2) is 6.20 Å². The van der Waals surface area contributed by atoms with E-state index >= 15 is 0 Å². The van der Waals surface area contributed by atoms with Gasteiger partial charge in [-0.15, -0.1) is 0 Å². The molecule has 0 aliphatic carbocycles. The molecule has 3 nitrogen and oxygen atoms in total. The standard InChI is InChI=1S/C33H27N2O/c1-20(2)23-11-14-26-24(18-23)16-17-35(4)31(26)29-21(3)10-13-28-30-25(19-34)12-15-27(32(30)36-33(28)29)22-8-6-5-7-9-22/h5-18,20H,1-4H3/q+1. The molecule has 0 bridgehead atoms. The van der Waals surface area contributed by atoms with Crippen molar-refractivity contribution in [1.82, 2.24) is 0 Å². The minimum Gasteiger partial charge on any atom is -0.454 e. The zero-order valence-corrected chi connectivity index (χ0v) is 21.0. The maximum absolute atomic E-state index is 9.98. The number of pyridine rings is 1. The molecule has 4 aromatic carbocycles. The fraction of sp³-hybridized carbons (Fsp3) is 0.152. The van der Waals surface area contributed by atoms with Crippen molar-refractivity contribution in [2.75, 3.05) is 0 Å². The Morgan fingerprint density at radius 3 is 2.39 bits per heavy atom. The van der Waals surface area contributed by atoms with E-state index in [-0.39, 0.29) is 0 Å². The fourth-order valence-corrected chi connectivity index (χ4v) is 5.34. The summed E-state index contributed by atoms with van der Waals surface area (Å²) in [6, 6.07) is 29.7. The Bertz CT molecular complexity index is 1840. The molecule has 2 heterocycles. The lowest BCUT2D eigenvalue weighted by molar-refractivity contribution is -0.659. The second-order valence-corrected chi connectivity index (χ2v) is 9.86. The van der Waals surface area contributed by atoms with E-state index in [2.05, 4.69) is 93.2 Å². The highest BCUT2D eigenvalue weighted by molar-refractivity contribution is 6.16. The zero-order valence-electron chi connectivity index (χ0n) is 21.0. The van der Waals surface area contributed by atoms with Gasteiger partial charge in [-0.05, 0) is 53.1 Å². The van der Waals surface area contributed by atoms with Crippen LogP contribution in [0.15, 0.2) is 89.5 Å². The average Bonchev–Trinajstić information content (AvgIpc) is 3.28. The van der Waals surface area contributed by atoms with Crippen molar-refractivity contribution >= 4 is 32.7 Å². The minimum absolute atomic E-state index is 0.466. The molecule has 6 rings (SSSR count). The Morgan fingerprint density at radius 1 is 0.861 bits per heavy atom. The van der Waals surface area contributed by atoms with Crippen LogP contribution in [-0.2, 0) is 7.05 Å². The van der Waals surface area contributed by atoms with Crippen LogP contribution in [0.25, 0.3) is 55.1 Å². The molecule has 0 aliphatic rings. The summed E-state index contributed by atoms with van der Waals surface area (Å²) >= 11 is 0. The lowest BCUT2D eigenvalue weighted by Crippen LogP contribution is -2.30. The van der Waals surface area contributed by atoms with Crippen molar-refractivity contribution in [3.05, 3.63) is 102 Å². The van der Waals surface area contributed by atoms with Crippen LogP contribution in [-0.4, -0.2) is 0 Å². The summed E-state index contributed by atoms with van der Waals surface area (Å²) in [5, 5.41) is 14.2. The molecule has 0 unspecified atom stereocenters.